The fourth-order valence-corrected chi connectivity index (χ4v) is 1.75. The van der Waals surface area contributed by atoms with Crippen molar-refractivity contribution in [3.63, 3.8) is 0 Å². The predicted molar refractivity (Wildman–Crippen MR) is 76.7 cm³/mol. The normalized spacial score (nSPS) is 10.9. The van der Waals surface area contributed by atoms with Crippen LogP contribution in [0.5, 0.6) is 5.75 Å². The predicted octanol–water partition coefficient (Wildman–Crippen LogP) is 1.57. The molecule has 0 bridgehead atoms. The van der Waals surface area contributed by atoms with E-state index in [0.717, 1.165) is 18.7 Å². The molecule has 0 spiro atoms. The molecule has 0 aliphatic carbocycles. The van der Waals surface area contributed by atoms with Crippen LogP contribution in [0, 0.1) is 0 Å². The summed E-state index contributed by atoms with van der Waals surface area (Å²) in [5, 5.41) is 8.75. The van der Waals surface area contributed by atoms with Gasteiger partial charge in [-0.15, -0.1) is 0 Å². The SMILES string of the molecule is CCc1ccccc1OCCOCCN(C)CCO. The smallest absolute Gasteiger partial charge is 0.122 e. The molecule has 0 amide bonds. The molecule has 0 aliphatic rings. The molecule has 0 heterocycles. The van der Waals surface area contributed by atoms with Gasteiger partial charge in [0, 0.05) is 13.1 Å². The van der Waals surface area contributed by atoms with Crippen molar-refractivity contribution in [3.8, 4) is 5.75 Å². The van der Waals surface area contributed by atoms with Crippen molar-refractivity contribution in [1.29, 1.82) is 0 Å². The lowest BCUT2D eigenvalue weighted by Gasteiger charge is -2.15. The number of aliphatic hydroxyl groups excluding tert-OH is 1. The van der Waals surface area contributed by atoms with Gasteiger partial charge in [0.15, 0.2) is 0 Å². The molecule has 0 atom stereocenters. The lowest BCUT2D eigenvalue weighted by atomic mass is 10.1. The van der Waals surface area contributed by atoms with Crippen LogP contribution in [0.25, 0.3) is 0 Å². The van der Waals surface area contributed by atoms with Crippen LogP contribution >= 0.6 is 0 Å². The molecule has 0 saturated carbocycles. The highest BCUT2D eigenvalue weighted by Gasteiger charge is 2.00. The highest BCUT2D eigenvalue weighted by Crippen LogP contribution is 2.17. The summed E-state index contributed by atoms with van der Waals surface area (Å²) < 4.78 is 11.2. The van der Waals surface area contributed by atoms with Gasteiger partial charge >= 0.3 is 0 Å². The van der Waals surface area contributed by atoms with E-state index >= 15 is 0 Å². The Kier molecular flexibility index (Phi) is 8.21. The van der Waals surface area contributed by atoms with Crippen LogP contribution in [-0.2, 0) is 11.2 Å². The van der Waals surface area contributed by atoms with Gasteiger partial charge in [0.1, 0.15) is 12.4 Å². The molecule has 108 valence electrons. The second-order valence-electron chi connectivity index (χ2n) is 4.45. The topological polar surface area (TPSA) is 41.9 Å². The third-order valence-electron chi connectivity index (χ3n) is 2.94. The van der Waals surface area contributed by atoms with Gasteiger partial charge in [-0.25, -0.2) is 0 Å². The molecule has 0 aromatic heterocycles. The summed E-state index contributed by atoms with van der Waals surface area (Å²) in [5.41, 5.74) is 1.23. The standard InChI is InChI=1S/C15H25NO3/c1-3-14-6-4-5-7-15(14)19-13-12-18-11-9-16(2)8-10-17/h4-7,17H,3,8-13H2,1-2H3. The Morgan fingerprint density at radius 1 is 1.11 bits per heavy atom. The van der Waals surface area contributed by atoms with Crippen LogP contribution < -0.4 is 4.74 Å². The van der Waals surface area contributed by atoms with Crippen molar-refractivity contribution >= 4 is 0 Å². The molecule has 19 heavy (non-hydrogen) atoms. The molecule has 1 aromatic rings. The molecule has 1 rings (SSSR count). The Morgan fingerprint density at radius 2 is 1.89 bits per heavy atom. The number of hydrogen-bond donors (Lipinski definition) is 1. The molecule has 0 saturated heterocycles. The number of benzene rings is 1. The average Bonchev–Trinajstić information content (AvgIpc) is 2.43. The Morgan fingerprint density at radius 3 is 2.63 bits per heavy atom. The van der Waals surface area contributed by atoms with Crippen molar-refractivity contribution in [3.05, 3.63) is 29.8 Å². The minimum Gasteiger partial charge on any atom is -0.491 e. The molecule has 0 unspecified atom stereocenters. The van der Waals surface area contributed by atoms with Crippen molar-refractivity contribution in [2.24, 2.45) is 0 Å². The minimum atomic E-state index is 0.188. The van der Waals surface area contributed by atoms with Gasteiger partial charge in [-0.05, 0) is 25.1 Å². The summed E-state index contributed by atoms with van der Waals surface area (Å²) in [4.78, 5) is 2.03. The molecular weight excluding hydrogens is 242 g/mol. The summed E-state index contributed by atoms with van der Waals surface area (Å²) in [6.45, 7) is 5.64. The van der Waals surface area contributed by atoms with Gasteiger partial charge in [0.2, 0.25) is 0 Å². The summed E-state index contributed by atoms with van der Waals surface area (Å²) in [5.74, 6) is 0.950. The zero-order valence-corrected chi connectivity index (χ0v) is 12.0. The van der Waals surface area contributed by atoms with Crippen LogP contribution in [-0.4, -0.2) is 56.6 Å². The zero-order chi connectivity index (χ0) is 13.9. The molecule has 1 N–H and O–H groups in total. The highest BCUT2D eigenvalue weighted by molar-refractivity contribution is 5.33. The van der Waals surface area contributed by atoms with E-state index in [9.17, 15) is 0 Å². The Hall–Kier alpha value is -1.10. The highest BCUT2D eigenvalue weighted by atomic mass is 16.5. The summed E-state index contributed by atoms with van der Waals surface area (Å²) >= 11 is 0. The van der Waals surface area contributed by atoms with Gasteiger partial charge in [0.05, 0.1) is 19.8 Å². The van der Waals surface area contributed by atoms with Crippen LogP contribution in [0.2, 0.25) is 0 Å². The van der Waals surface area contributed by atoms with E-state index in [0.29, 0.717) is 26.4 Å². The van der Waals surface area contributed by atoms with Crippen LogP contribution in [0.15, 0.2) is 24.3 Å². The maximum Gasteiger partial charge on any atom is 0.122 e. The average molecular weight is 267 g/mol. The molecule has 0 fully saturated rings. The Bertz CT molecular complexity index is 344. The molecule has 4 heteroatoms. The van der Waals surface area contributed by atoms with Crippen molar-refractivity contribution in [1.82, 2.24) is 4.90 Å². The molecule has 0 radical (unpaired) electrons. The third-order valence-corrected chi connectivity index (χ3v) is 2.94. The van der Waals surface area contributed by atoms with E-state index in [2.05, 4.69) is 13.0 Å². The number of rotatable bonds is 10. The first-order valence-electron chi connectivity index (χ1n) is 6.85. The number of ether oxygens (including phenoxy) is 2. The second kappa shape index (κ2) is 9.78. The van der Waals surface area contributed by atoms with Gasteiger partial charge in [-0.1, -0.05) is 25.1 Å². The van der Waals surface area contributed by atoms with E-state index < -0.39 is 0 Å². The summed E-state index contributed by atoms with van der Waals surface area (Å²) in [7, 11) is 1.97. The maximum absolute atomic E-state index is 8.75. The van der Waals surface area contributed by atoms with E-state index in [1.807, 2.05) is 30.1 Å². The lowest BCUT2D eigenvalue weighted by Crippen LogP contribution is -2.26. The lowest BCUT2D eigenvalue weighted by molar-refractivity contribution is 0.0810. The first-order valence-corrected chi connectivity index (χ1v) is 6.85. The van der Waals surface area contributed by atoms with Crippen LogP contribution in [0.4, 0.5) is 0 Å². The van der Waals surface area contributed by atoms with Gasteiger partial charge in [-0.2, -0.15) is 0 Å². The van der Waals surface area contributed by atoms with Gasteiger partial charge < -0.3 is 19.5 Å². The Labute approximate surface area is 115 Å². The Balaban J connectivity index is 2.10. The first-order chi connectivity index (χ1) is 9.27. The van der Waals surface area contributed by atoms with Gasteiger partial charge in [-0.3, -0.25) is 0 Å². The molecule has 0 aliphatic heterocycles. The number of likely N-dealkylation sites (N-methyl/N-ethyl adjacent to an activating group) is 1. The monoisotopic (exact) mass is 267 g/mol. The fourth-order valence-electron chi connectivity index (χ4n) is 1.75. The molecule has 4 nitrogen and oxygen atoms in total. The quantitative estimate of drug-likeness (QED) is 0.653. The van der Waals surface area contributed by atoms with E-state index in [4.69, 9.17) is 14.6 Å². The molecular formula is C15H25NO3. The van der Waals surface area contributed by atoms with Crippen LogP contribution in [0.1, 0.15) is 12.5 Å². The third kappa shape index (κ3) is 6.57. The van der Waals surface area contributed by atoms with E-state index in [-0.39, 0.29) is 6.61 Å². The minimum absolute atomic E-state index is 0.188. The van der Waals surface area contributed by atoms with E-state index in [1.165, 1.54) is 5.56 Å². The summed E-state index contributed by atoms with van der Waals surface area (Å²) in [6, 6.07) is 8.09. The van der Waals surface area contributed by atoms with E-state index in [1.54, 1.807) is 0 Å². The van der Waals surface area contributed by atoms with Crippen LogP contribution in [0.3, 0.4) is 0 Å². The fraction of sp³-hybridized carbons (Fsp3) is 0.600. The maximum atomic E-state index is 8.75. The van der Waals surface area contributed by atoms with Gasteiger partial charge in [0.25, 0.3) is 0 Å². The van der Waals surface area contributed by atoms with Crippen molar-refractivity contribution in [2.45, 2.75) is 13.3 Å². The molecule has 1 aromatic carbocycles. The van der Waals surface area contributed by atoms with Crippen molar-refractivity contribution in [2.75, 3.05) is 46.6 Å². The largest absolute Gasteiger partial charge is 0.491 e. The number of aliphatic hydroxyl groups is 1. The number of para-hydroxylation sites is 1. The number of aryl methyl sites for hydroxylation is 1. The first kappa shape index (κ1) is 16.0. The second-order valence-corrected chi connectivity index (χ2v) is 4.45. The van der Waals surface area contributed by atoms with Crippen molar-refractivity contribution < 1.29 is 14.6 Å². The number of nitrogens with zero attached hydrogens (tertiary/aromatic N) is 1. The zero-order valence-electron chi connectivity index (χ0n) is 12.0. The number of hydrogen-bond acceptors (Lipinski definition) is 4. The summed E-state index contributed by atoms with van der Waals surface area (Å²) in [6.07, 6.45) is 0.975.